The van der Waals surface area contributed by atoms with E-state index in [1.165, 1.54) is 6.07 Å². The number of ether oxygens (including phenoxy) is 1. The summed E-state index contributed by atoms with van der Waals surface area (Å²) in [6.07, 6.45) is 0.0866. The Bertz CT molecular complexity index is 1430. The molecule has 0 heterocycles. The zero-order chi connectivity index (χ0) is 29.1. The maximum Gasteiger partial charge on any atom is 0.230 e. The summed E-state index contributed by atoms with van der Waals surface area (Å²) in [6, 6.07) is 9.98. The van der Waals surface area contributed by atoms with Crippen LogP contribution >= 0.6 is 0 Å². The molecule has 0 bridgehead atoms. The summed E-state index contributed by atoms with van der Waals surface area (Å²) in [5.74, 6) is -6.66. The van der Waals surface area contributed by atoms with E-state index in [0.29, 0.717) is 18.4 Å². The van der Waals surface area contributed by atoms with E-state index in [9.17, 15) is 34.8 Å². The first kappa shape index (κ1) is 27.8. The number of hydrogen-bond donors (Lipinski definition) is 5. The molecule has 4 unspecified atom stereocenters. The minimum Gasteiger partial charge on any atom is -0.508 e. The van der Waals surface area contributed by atoms with Crippen LogP contribution in [-0.4, -0.2) is 81.8 Å². The lowest BCUT2D eigenvalue weighted by Gasteiger charge is -2.53. The molecule has 0 saturated heterocycles. The highest BCUT2D eigenvalue weighted by atomic mass is 16.5. The van der Waals surface area contributed by atoms with Gasteiger partial charge in [-0.25, -0.2) is 0 Å². The fourth-order valence-electron chi connectivity index (χ4n) is 7.01. The smallest absolute Gasteiger partial charge is 0.230 e. The molecule has 6 N–H and O–H groups in total. The summed E-state index contributed by atoms with van der Waals surface area (Å²) in [6.45, 7) is 0. The highest BCUT2D eigenvalue weighted by Gasteiger charge is 2.66. The van der Waals surface area contributed by atoms with Crippen molar-refractivity contribution in [3.63, 3.8) is 0 Å². The largest absolute Gasteiger partial charge is 0.508 e. The van der Waals surface area contributed by atoms with Crippen LogP contribution in [0.5, 0.6) is 11.5 Å². The minimum absolute atomic E-state index is 0.0295. The lowest BCUT2D eigenvalue weighted by Crippen LogP contribution is -2.71. The van der Waals surface area contributed by atoms with E-state index in [0.717, 1.165) is 16.9 Å². The molecule has 0 spiro atoms. The number of fused-ring (bicyclic) bond motifs is 3. The average molecular weight is 551 g/mol. The van der Waals surface area contributed by atoms with Gasteiger partial charge in [-0.3, -0.25) is 14.4 Å². The Morgan fingerprint density at radius 3 is 2.52 bits per heavy atom. The Labute approximate surface area is 231 Å². The van der Waals surface area contributed by atoms with Gasteiger partial charge in [-0.15, -0.1) is 0 Å². The van der Waals surface area contributed by atoms with Gasteiger partial charge in [0, 0.05) is 17.5 Å². The third-order valence-electron chi connectivity index (χ3n) is 8.89. The number of methoxy groups -OCH3 is 1. The molecule has 2 aromatic carbocycles. The Morgan fingerprint density at radius 2 is 1.88 bits per heavy atom. The van der Waals surface area contributed by atoms with Gasteiger partial charge in [-0.1, -0.05) is 18.2 Å². The van der Waals surface area contributed by atoms with Crippen molar-refractivity contribution in [1.29, 1.82) is 0 Å². The Hall–Kier alpha value is -3.73. The normalized spacial score (nSPS) is 29.6. The number of phenolic OH excluding ortho intramolecular Hbond substituents is 1. The minimum atomic E-state index is -2.59. The topological polar surface area (TPSA) is 171 Å². The number of benzene rings is 2. The SMILES string of the molecule is COc1cccc(CCc2ccc(O)c3c2CC2CC4[C@H](N(C)C)C(O)C(C(N)=O)C(=O)[C@@]4(O)C(O)=C2C3=O)c1. The highest BCUT2D eigenvalue weighted by Crippen LogP contribution is 2.52. The van der Waals surface area contributed by atoms with Crippen molar-refractivity contribution in [2.45, 2.75) is 43.4 Å². The molecule has 3 aliphatic carbocycles. The van der Waals surface area contributed by atoms with Gasteiger partial charge in [-0.2, -0.15) is 0 Å². The maximum atomic E-state index is 13.8. The number of hydrogen-bond acceptors (Lipinski definition) is 9. The van der Waals surface area contributed by atoms with Crippen LogP contribution in [0.3, 0.4) is 0 Å². The number of aryl methyl sites for hydroxylation is 2. The molecule has 10 heteroatoms. The quantitative estimate of drug-likeness (QED) is 0.330. The second-order valence-corrected chi connectivity index (χ2v) is 11.2. The third-order valence-corrected chi connectivity index (χ3v) is 8.89. The van der Waals surface area contributed by atoms with Crippen molar-refractivity contribution in [2.24, 2.45) is 23.5 Å². The molecule has 3 aliphatic rings. The van der Waals surface area contributed by atoms with E-state index in [-0.39, 0.29) is 29.7 Å². The fraction of sp³-hybridized carbons (Fsp3) is 0.433. The molecule has 0 radical (unpaired) electrons. The second kappa shape index (κ2) is 10.0. The van der Waals surface area contributed by atoms with Crippen LogP contribution in [-0.2, 0) is 28.9 Å². The standard InChI is InChI=1S/C30H34N2O8/c1-32(2)24-19-13-16-12-18-15(8-7-14-5-4-6-17(11-14)40-3)9-10-20(33)22(18)25(34)21(16)27(36)30(19,39)28(37)23(26(24)35)29(31)38/h4-6,9-11,16,19,23-24,26,33,35-36,39H,7-8,12-13H2,1-3H3,(H2,31,38)/t16?,19?,23?,24-,26?,30-/m0/s1. The second-order valence-electron chi connectivity index (χ2n) is 11.2. The Morgan fingerprint density at radius 1 is 1.15 bits per heavy atom. The first-order valence-electron chi connectivity index (χ1n) is 13.3. The summed E-state index contributed by atoms with van der Waals surface area (Å²) >= 11 is 0. The Balaban J connectivity index is 1.58. The van der Waals surface area contributed by atoms with E-state index in [2.05, 4.69) is 0 Å². The van der Waals surface area contributed by atoms with E-state index in [1.807, 2.05) is 24.3 Å². The highest BCUT2D eigenvalue weighted by molar-refractivity contribution is 6.15. The monoisotopic (exact) mass is 550 g/mol. The molecular weight excluding hydrogens is 516 g/mol. The first-order valence-corrected chi connectivity index (χ1v) is 13.3. The number of rotatable bonds is 6. The van der Waals surface area contributed by atoms with Crippen LogP contribution in [0, 0.1) is 17.8 Å². The predicted molar refractivity (Wildman–Crippen MR) is 144 cm³/mol. The predicted octanol–water partition coefficient (Wildman–Crippen LogP) is 1.08. The van der Waals surface area contributed by atoms with Crippen molar-refractivity contribution in [3.8, 4) is 11.5 Å². The number of nitrogens with zero attached hydrogens (tertiary/aromatic N) is 1. The summed E-state index contributed by atoms with van der Waals surface area (Å²) in [4.78, 5) is 41.0. The van der Waals surface area contributed by atoms with Crippen molar-refractivity contribution in [1.82, 2.24) is 4.90 Å². The zero-order valence-corrected chi connectivity index (χ0v) is 22.6. The molecule has 0 aliphatic heterocycles. The van der Waals surface area contributed by atoms with E-state index < -0.39 is 58.7 Å². The van der Waals surface area contributed by atoms with Gasteiger partial charge in [0.25, 0.3) is 0 Å². The van der Waals surface area contributed by atoms with Gasteiger partial charge in [0.05, 0.1) is 18.8 Å². The lowest BCUT2D eigenvalue weighted by atomic mass is 9.56. The Kier molecular flexibility index (Phi) is 6.98. The molecule has 6 atom stereocenters. The van der Waals surface area contributed by atoms with Gasteiger partial charge in [-0.05, 0) is 80.6 Å². The summed E-state index contributed by atoms with van der Waals surface area (Å²) in [7, 11) is 4.86. The average Bonchev–Trinajstić information content (AvgIpc) is 2.90. The molecule has 1 amide bonds. The molecule has 1 fully saturated rings. The molecule has 10 nitrogen and oxygen atoms in total. The number of aliphatic hydroxyl groups is 3. The van der Waals surface area contributed by atoms with Crippen molar-refractivity contribution in [2.75, 3.05) is 21.2 Å². The molecule has 212 valence electrons. The van der Waals surface area contributed by atoms with Crippen molar-refractivity contribution < 1.29 is 39.5 Å². The number of allylic oxidation sites excluding steroid dienone is 1. The molecule has 40 heavy (non-hydrogen) atoms. The molecule has 2 aromatic rings. The molecule has 0 aromatic heterocycles. The summed E-state index contributed by atoms with van der Waals surface area (Å²) in [5.41, 5.74) is 5.26. The van der Waals surface area contributed by atoms with Crippen LogP contribution in [0.4, 0.5) is 0 Å². The fourth-order valence-corrected chi connectivity index (χ4v) is 7.01. The lowest BCUT2D eigenvalue weighted by molar-refractivity contribution is -0.178. The van der Waals surface area contributed by atoms with Gasteiger partial charge >= 0.3 is 0 Å². The van der Waals surface area contributed by atoms with Gasteiger partial charge in [0.1, 0.15) is 23.2 Å². The molecular formula is C30H34N2O8. The number of aliphatic hydroxyl groups excluding tert-OH is 2. The van der Waals surface area contributed by atoms with Crippen LogP contribution in [0.2, 0.25) is 0 Å². The number of nitrogens with two attached hydrogens (primary N) is 1. The number of carbonyl (C=O) groups excluding carboxylic acids is 3. The third kappa shape index (κ3) is 4.09. The zero-order valence-electron chi connectivity index (χ0n) is 22.6. The number of carbonyl (C=O) groups is 3. The number of ketones is 2. The summed E-state index contributed by atoms with van der Waals surface area (Å²) in [5, 5.41) is 44.9. The van der Waals surface area contributed by atoms with Crippen LogP contribution < -0.4 is 10.5 Å². The van der Waals surface area contributed by atoms with E-state index in [1.54, 1.807) is 32.2 Å². The van der Waals surface area contributed by atoms with Crippen LogP contribution in [0.25, 0.3) is 0 Å². The molecule has 5 rings (SSSR count). The van der Waals surface area contributed by atoms with Crippen molar-refractivity contribution in [3.05, 3.63) is 70.0 Å². The first-order chi connectivity index (χ1) is 18.9. The van der Waals surface area contributed by atoms with Gasteiger partial charge in [0.2, 0.25) is 5.91 Å². The maximum absolute atomic E-state index is 13.8. The number of phenols is 1. The van der Waals surface area contributed by atoms with Crippen LogP contribution in [0.1, 0.15) is 33.5 Å². The van der Waals surface area contributed by atoms with Gasteiger partial charge in [0.15, 0.2) is 17.2 Å². The van der Waals surface area contributed by atoms with Crippen molar-refractivity contribution >= 4 is 17.5 Å². The number of Topliss-reactive ketones (excluding diaryl/α,β-unsaturated/α-hetero) is 2. The number of likely N-dealkylation sites (N-methyl/N-ethyl adjacent to an activating group) is 1. The number of amides is 1. The number of primary amides is 1. The number of aromatic hydroxyl groups is 1. The van der Waals surface area contributed by atoms with Gasteiger partial charge < -0.3 is 35.8 Å². The van der Waals surface area contributed by atoms with E-state index in [4.69, 9.17) is 10.5 Å². The van der Waals surface area contributed by atoms with E-state index >= 15 is 0 Å². The molecule has 1 saturated carbocycles. The summed E-state index contributed by atoms with van der Waals surface area (Å²) < 4.78 is 5.31. The van der Waals surface area contributed by atoms with Crippen LogP contribution in [0.15, 0.2) is 47.7 Å².